The summed E-state index contributed by atoms with van der Waals surface area (Å²) in [4.78, 5) is 13.8. The Hall–Kier alpha value is -7.16. The standard InChI is InChI=1S/C64H63BN4/c1-61(2,3)46-34-47(62(4,5)6)37-51(36-46)68-56-28-24-43(41-20-16-14-17-21-41)30-53(56)65-54-31-44(42-22-18-15-19-23-42)25-29-57(54)69(52-38-48(63(7,8)9)35-49(39-52)64(10,11)12)59-33-45(32-58(68)60(59)65)55-27-26-50(66-13)40-67-55/h14-40H,1-12H3. The fourth-order valence-electron chi connectivity index (χ4n) is 10.2. The molecule has 0 atom stereocenters. The minimum absolute atomic E-state index is 0.101. The van der Waals surface area contributed by atoms with Crippen LogP contribution in [0.3, 0.4) is 0 Å². The highest BCUT2D eigenvalue weighted by Gasteiger charge is 2.45. The fourth-order valence-corrected chi connectivity index (χ4v) is 10.2. The maximum Gasteiger partial charge on any atom is 0.252 e. The molecule has 0 aliphatic carbocycles. The van der Waals surface area contributed by atoms with Gasteiger partial charge in [-0.1, -0.05) is 186 Å². The zero-order chi connectivity index (χ0) is 48.8. The molecule has 8 aromatic rings. The van der Waals surface area contributed by atoms with Crippen LogP contribution in [0, 0.1) is 6.57 Å². The van der Waals surface area contributed by atoms with Gasteiger partial charge in [0.2, 0.25) is 5.69 Å². The predicted molar refractivity (Wildman–Crippen MR) is 296 cm³/mol. The van der Waals surface area contributed by atoms with Crippen molar-refractivity contribution < 1.29 is 0 Å². The SMILES string of the molecule is [C-]#[N+]c1ccc(-c2cc3c4c(c2)N(c2cc(C(C)(C)C)cc(C(C)(C)C)c2)c2ccc(-c5ccccc5)cc2B4c2cc(-c4ccccc4)ccc2N3c2cc(C(C)(C)C)cc(C(C)(C)C)c2)nc1. The highest BCUT2D eigenvalue weighted by molar-refractivity contribution is 7.00. The Balaban J connectivity index is 1.38. The zero-order valence-corrected chi connectivity index (χ0v) is 42.5. The molecule has 1 aromatic heterocycles. The van der Waals surface area contributed by atoms with Gasteiger partial charge in [-0.3, -0.25) is 4.98 Å². The van der Waals surface area contributed by atoms with Crippen molar-refractivity contribution in [1.29, 1.82) is 0 Å². The Morgan fingerprint density at radius 2 is 0.812 bits per heavy atom. The van der Waals surface area contributed by atoms with Gasteiger partial charge in [-0.25, -0.2) is 4.85 Å². The molecule has 5 heteroatoms. The molecule has 0 N–H and O–H groups in total. The van der Waals surface area contributed by atoms with Crippen LogP contribution in [0.25, 0.3) is 38.4 Å². The summed E-state index contributed by atoms with van der Waals surface area (Å²) in [5, 5.41) is 0. The number of anilines is 6. The van der Waals surface area contributed by atoms with E-state index in [0.717, 1.165) is 45.4 Å². The highest BCUT2D eigenvalue weighted by Crippen LogP contribution is 2.49. The molecule has 0 saturated carbocycles. The lowest BCUT2D eigenvalue weighted by molar-refractivity contribution is 0.568. The third-order valence-corrected chi connectivity index (χ3v) is 14.3. The molecule has 0 amide bonds. The molecule has 4 nitrogen and oxygen atoms in total. The lowest BCUT2D eigenvalue weighted by Gasteiger charge is -2.45. The largest absolute Gasteiger partial charge is 0.311 e. The number of nitrogens with zero attached hydrogens (tertiary/aromatic N) is 4. The van der Waals surface area contributed by atoms with Crippen molar-refractivity contribution in [3.05, 3.63) is 198 Å². The molecular formula is C64H63BN4. The van der Waals surface area contributed by atoms with E-state index < -0.39 is 0 Å². The van der Waals surface area contributed by atoms with E-state index in [-0.39, 0.29) is 28.4 Å². The lowest BCUT2D eigenvalue weighted by atomic mass is 9.33. The number of benzene rings is 7. The van der Waals surface area contributed by atoms with Gasteiger partial charge >= 0.3 is 0 Å². The summed E-state index contributed by atoms with van der Waals surface area (Å²) in [6.45, 7) is 35.5. The Morgan fingerprint density at radius 1 is 0.406 bits per heavy atom. The molecule has 7 aromatic carbocycles. The molecule has 0 unspecified atom stereocenters. The van der Waals surface area contributed by atoms with Crippen molar-refractivity contribution in [2.45, 2.75) is 105 Å². The van der Waals surface area contributed by atoms with Crippen LogP contribution in [0.4, 0.5) is 39.8 Å². The Labute approximate surface area is 411 Å². The molecule has 3 heterocycles. The van der Waals surface area contributed by atoms with E-state index in [1.54, 1.807) is 6.20 Å². The summed E-state index contributed by atoms with van der Waals surface area (Å²) < 4.78 is 0. The molecule has 342 valence electrons. The van der Waals surface area contributed by atoms with Crippen molar-refractivity contribution in [2.75, 3.05) is 9.80 Å². The topological polar surface area (TPSA) is 23.7 Å². The Morgan fingerprint density at radius 3 is 1.16 bits per heavy atom. The lowest BCUT2D eigenvalue weighted by Crippen LogP contribution is -2.61. The maximum atomic E-state index is 7.77. The van der Waals surface area contributed by atoms with Crippen LogP contribution in [0.1, 0.15) is 105 Å². The van der Waals surface area contributed by atoms with E-state index in [0.29, 0.717) is 5.69 Å². The van der Waals surface area contributed by atoms with E-state index in [4.69, 9.17) is 11.6 Å². The minimum Gasteiger partial charge on any atom is -0.311 e. The van der Waals surface area contributed by atoms with Gasteiger partial charge in [0.15, 0.2) is 0 Å². The van der Waals surface area contributed by atoms with Crippen molar-refractivity contribution in [3.63, 3.8) is 0 Å². The summed E-state index contributed by atoms with van der Waals surface area (Å²) in [5.74, 6) is 0. The van der Waals surface area contributed by atoms with Crippen LogP contribution in [0.5, 0.6) is 0 Å². The van der Waals surface area contributed by atoms with Gasteiger partial charge in [0.1, 0.15) is 0 Å². The Bertz CT molecular complexity index is 3060. The molecule has 10 rings (SSSR count). The van der Waals surface area contributed by atoms with Gasteiger partial charge in [-0.15, -0.1) is 0 Å². The summed E-state index contributed by atoms with van der Waals surface area (Å²) in [7, 11) is 0. The van der Waals surface area contributed by atoms with Gasteiger partial charge in [-0.05, 0) is 137 Å². The molecule has 0 radical (unpaired) electrons. The van der Waals surface area contributed by atoms with Crippen molar-refractivity contribution >= 4 is 62.9 Å². The normalized spacial score (nSPS) is 13.4. The van der Waals surface area contributed by atoms with E-state index in [9.17, 15) is 0 Å². The van der Waals surface area contributed by atoms with Gasteiger partial charge in [0, 0.05) is 45.9 Å². The van der Waals surface area contributed by atoms with Crippen LogP contribution in [-0.4, -0.2) is 11.7 Å². The zero-order valence-electron chi connectivity index (χ0n) is 42.5. The van der Waals surface area contributed by atoms with E-state index in [1.807, 2.05) is 12.1 Å². The molecule has 0 fully saturated rings. The van der Waals surface area contributed by atoms with Crippen molar-refractivity contribution in [2.24, 2.45) is 0 Å². The maximum absolute atomic E-state index is 7.77. The number of hydrogen-bond donors (Lipinski definition) is 0. The van der Waals surface area contributed by atoms with Crippen LogP contribution in [0.15, 0.2) is 164 Å². The number of aromatic nitrogens is 1. The van der Waals surface area contributed by atoms with E-state index in [2.05, 4.69) is 243 Å². The van der Waals surface area contributed by atoms with E-state index >= 15 is 0 Å². The molecule has 2 aliphatic heterocycles. The van der Waals surface area contributed by atoms with Crippen molar-refractivity contribution in [3.8, 4) is 33.5 Å². The first-order valence-corrected chi connectivity index (χ1v) is 24.5. The molecule has 69 heavy (non-hydrogen) atoms. The molecule has 2 aliphatic rings. The smallest absolute Gasteiger partial charge is 0.252 e. The first-order chi connectivity index (χ1) is 32.7. The monoisotopic (exact) mass is 899 g/mol. The van der Waals surface area contributed by atoms with Gasteiger partial charge in [0.05, 0.1) is 12.3 Å². The second-order valence-electron chi connectivity index (χ2n) is 23.4. The van der Waals surface area contributed by atoms with Crippen LogP contribution >= 0.6 is 0 Å². The second kappa shape index (κ2) is 16.5. The summed E-state index contributed by atoms with van der Waals surface area (Å²) >= 11 is 0. The first kappa shape index (κ1) is 45.6. The quantitative estimate of drug-likeness (QED) is 0.127. The summed E-state index contributed by atoms with van der Waals surface area (Å²) in [6.07, 6.45) is 1.71. The Kier molecular flexibility index (Phi) is 10.9. The third kappa shape index (κ3) is 8.35. The molecule has 0 spiro atoms. The fraction of sp³-hybridized carbons (Fsp3) is 0.250. The van der Waals surface area contributed by atoms with Crippen molar-refractivity contribution in [1.82, 2.24) is 4.98 Å². The molecule has 0 saturated heterocycles. The van der Waals surface area contributed by atoms with Gasteiger partial charge < -0.3 is 9.80 Å². The highest BCUT2D eigenvalue weighted by atomic mass is 15.2. The minimum atomic E-state index is -0.118. The number of hydrogen-bond acceptors (Lipinski definition) is 3. The third-order valence-electron chi connectivity index (χ3n) is 14.3. The second-order valence-corrected chi connectivity index (χ2v) is 23.4. The van der Waals surface area contributed by atoms with E-state index in [1.165, 1.54) is 60.9 Å². The number of rotatable bonds is 5. The summed E-state index contributed by atoms with van der Waals surface area (Å²) in [6, 6.07) is 59.1. The summed E-state index contributed by atoms with van der Waals surface area (Å²) in [5.41, 5.74) is 22.5. The van der Waals surface area contributed by atoms with Gasteiger partial charge in [-0.2, -0.15) is 0 Å². The number of fused-ring (bicyclic) bond motifs is 4. The van der Waals surface area contributed by atoms with Crippen LogP contribution in [-0.2, 0) is 21.7 Å². The number of pyridine rings is 1. The first-order valence-electron chi connectivity index (χ1n) is 24.5. The average Bonchev–Trinajstić information content (AvgIpc) is 3.32. The average molecular weight is 899 g/mol. The predicted octanol–water partition coefficient (Wildman–Crippen LogP) is 15.9. The van der Waals surface area contributed by atoms with Gasteiger partial charge in [0.25, 0.3) is 6.71 Å². The van der Waals surface area contributed by atoms with Crippen LogP contribution in [0.2, 0.25) is 0 Å². The molecular weight excluding hydrogens is 836 g/mol. The molecule has 0 bridgehead atoms. The van der Waals surface area contributed by atoms with Crippen LogP contribution < -0.4 is 26.2 Å².